The van der Waals surface area contributed by atoms with Crippen molar-refractivity contribution in [3.8, 4) is 11.9 Å². The van der Waals surface area contributed by atoms with E-state index in [9.17, 15) is 8.78 Å². The Morgan fingerprint density at radius 1 is 1.45 bits per heavy atom. The van der Waals surface area contributed by atoms with Gasteiger partial charge in [-0.25, -0.2) is 0 Å². The zero-order chi connectivity index (χ0) is 15.3. The normalized spacial score (nSPS) is 10.2. The molecule has 0 aliphatic heterocycles. The number of aromatic nitrogens is 1. The van der Waals surface area contributed by atoms with Crippen LogP contribution in [0.15, 0.2) is 0 Å². The maximum atomic E-state index is 12.2. The summed E-state index contributed by atoms with van der Waals surface area (Å²) in [4.78, 5) is 2.78. The molecule has 9 heteroatoms. The number of halogens is 2. The molecule has 108 valence electrons. The molecule has 0 spiro atoms. The molecule has 0 fully saturated rings. The number of nitrogens with zero attached hydrogens (tertiary/aromatic N) is 3. The molecule has 0 atom stereocenters. The lowest BCUT2D eigenvalue weighted by atomic mass is 10.2. The summed E-state index contributed by atoms with van der Waals surface area (Å²) < 4.78 is 32.3. The van der Waals surface area contributed by atoms with Gasteiger partial charge in [0.25, 0.3) is 0 Å². The SMILES string of the molecule is CCN(CC)C(=S)C(=S)c1snc(OC(F)F)c1C#N. The number of likely N-dealkylation sites (N-methyl/N-ethyl adjacent to an activating group) is 1. The standard InChI is InChI=1S/C11H11F2N3OS3/c1-3-16(4-2)10(19)7(18)8-6(5-14)9(15-20-8)17-11(12)13/h11H,3-4H2,1-2H3. The first kappa shape index (κ1) is 16.8. The predicted octanol–water partition coefficient (Wildman–Crippen LogP) is 3.00. The van der Waals surface area contributed by atoms with E-state index in [1.165, 1.54) is 0 Å². The summed E-state index contributed by atoms with van der Waals surface area (Å²) in [5.41, 5.74) is -0.102. The number of alkyl halides is 2. The summed E-state index contributed by atoms with van der Waals surface area (Å²) in [5, 5.41) is 9.06. The maximum absolute atomic E-state index is 12.2. The van der Waals surface area contributed by atoms with Crippen molar-refractivity contribution in [1.82, 2.24) is 9.27 Å². The van der Waals surface area contributed by atoms with Gasteiger partial charge >= 0.3 is 6.61 Å². The van der Waals surface area contributed by atoms with E-state index >= 15 is 0 Å². The Morgan fingerprint density at radius 2 is 2.05 bits per heavy atom. The van der Waals surface area contributed by atoms with Crippen molar-refractivity contribution >= 4 is 45.8 Å². The van der Waals surface area contributed by atoms with Crippen LogP contribution in [0, 0.1) is 11.3 Å². The first-order chi connectivity index (χ1) is 9.46. The lowest BCUT2D eigenvalue weighted by Gasteiger charge is -2.21. The first-order valence-corrected chi connectivity index (χ1v) is 7.23. The third kappa shape index (κ3) is 3.65. The summed E-state index contributed by atoms with van der Waals surface area (Å²) in [6, 6.07) is 1.78. The van der Waals surface area contributed by atoms with E-state index in [4.69, 9.17) is 29.7 Å². The highest BCUT2D eigenvalue weighted by atomic mass is 32.1. The Bertz CT molecular complexity index is 550. The average molecular weight is 335 g/mol. The van der Waals surface area contributed by atoms with Crippen molar-refractivity contribution in [3.63, 3.8) is 0 Å². The van der Waals surface area contributed by atoms with Gasteiger partial charge in [-0.05, 0) is 25.4 Å². The number of hydrogen-bond acceptors (Lipinski definition) is 6. The molecule has 1 aromatic rings. The summed E-state index contributed by atoms with van der Waals surface area (Å²) in [5.74, 6) is -0.410. The van der Waals surface area contributed by atoms with Gasteiger partial charge in [-0.2, -0.15) is 18.4 Å². The summed E-state index contributed by atoms with van der Waals surface area (Å²) in [6.45, 7) is 2.12. The third-order valence-corrected chi connectivity index (χ3v) is 4.39. The van der Waals surface area contributed by atoms with Crippen molar-refractivity contribution in [2.75, 3.05) is 13.1 Å². The van der Waals surface area contributed by atoms with Crippen LogP contribution in [0.3, 0.4) is 0 Å². The van der Waals surface area contributed by atoms with Crippen LogP contribution in [-0.2, 0) is 0 Å². The van der Waals surface area contributed by atoms with Gasteiger partial charge in [0.05, 0.1) is 9.74 Å². The van der Waals surface area contributed by atoms with Crippen LogP contribution in [0.5, 0.6) is 5.88 Å². The first-order valence-electron chi connectivity index (χ1n) is 5.64. The van der Waals surface area contributed by atoms with Crippen molar-refractivity contribution in [3.05, 3.63) is 10.4 Å². The van der Waals surface area contributed by atoms with E-state index in [0.29, 0.717) is 18.1 Å². The second kappa shape index (κ2) is 7.52. The molecule has 20 heavy (non-hydrogen) atoms. The minimum absolute atomic E-state index is 0.102. The second-order valence-corrected chi connectivity index (χ2v) is 5.06. The van der Waals surface area contributed by atoms with Gasteiger partial charge in [0, 0.05) is 13.1 Å². The molecule has 0 aliphatic carbocycles. The highest BCUT2D eigenvalue weighted by molar-refractivity contribution is 7.90. The highest BCUT2D eigenvalue weighted by Gasteiger charge is 2.24. The number of nitriles is 1. The van der Waals surface area contributed by atoms with Crippen LogP contribution < -0.4 is 4.74 Å². The van der Waals surface area contributed by atoms with E-state index in [1.807, 2.05) is 18.7 Å². The minimum Gasteiger partial charge on any atom is -0.415 e. The molecule has 0 amide bonds. The Hall–Kier alpha value is -1.24. The van der Waals surface area contributed by atoms with E-state index in [1.54, 1.807) is 6.07 Å². The quantitative estimate of drug-likeness (QED) is 0.588. The molecule has 0 aliphatic rings. The molecule has 4 nitrogen and oxygen atoms in total. The van der Waals surface area contributed by atoms with Crippen LogP contribution in [0.4, 0.5) is 8.78 Å². The van der Waals surface area contributed by atoms with Crippen molar-refractivity contribution in [2.24, 2.45) is 0 Å². The minimum atomic E-state index is -3.04. The molecular weight excluding hydrogens is 324 g/mol. The van der Waals surface area contributed by atoms with Crippen LogP contribution >= 0.6 is 36.0 Å². The number of hydrogen-bond donors (Lipinski definition) is 0. The number of ether oxygens (including phenoxy) is 1. The smallest absolute Gasteiger partial charge is 0.388 e. The van der Waals surface area contributed by atoms with Crippen LogP contribution in [0.2, 0.25) is 0 Å². The molecule has 0 saturated heterocycles. The molecule has 1 rings (SSSR count). The maximum Gasteiger partial charge on any atom is 0.388 e. The fourth-order valence-electron chi connectivity index (χ4n) is 1.45. The monoisotopic (exact) mass is 335 g/mol. The second-order valence-electron chi connectivity index (χ2n) is 3.49. The Morgan fingerprint density at radius 3 is 2.50 bits per heavy atom. The summed E-state index contributed by atoms with van der Waals surface area (Å²) in [7, 11) is 0. The third-order valence-electron chi connectivity index (χ3n) is 2.42. The number of thiocarbonyl (C=S) groups is 2. The van der Waals surface area contributed by atoms with Crippen LogP contribution in [0.1, 0.15) is 24.3 Å². The molecule has 0 radical (unpaired) electrons. The lowest BCUT2D eigenvalue weighted by molar-refractivity contribution is -0.0524. The van der Waals surface area contributed by atoms with Crippen molar-refractivity contribution in [1.29, 1.82) is 5.26 Å². The molecule has 0 N–H and O–H groups in total. The molecule has 0 aromatic carbocycles. The topological polar surface area (TPSA) is 49.2 Å². The molecule has 0 saturated carbocycles. The van der Waals surface area contributed by atoms with Gasteiger partial charge in [-0.1, -0.05) is 24.4 Å². The van der Waals surface area contributed by atoms with Crippen LogP contribution in [0.25, 0.3) is 0 Å². The zero-order valence-corrected chi connectivity index (χ0v) is 13.2. The Balaban J connectivity index is 3.08. The van der Waals surface area contributed by atoms with E-state index in [2.05, 4.69) is 9.11 Å². The predicted molar refractivity (Wildman–Crippen MR) is 80.7 cm³/mol. The van der Waals surface area contributed by atoms with Gasteiger partial charge in [-0.15, -0.1) is 0 Å². The van der Waals surface area contributed by atoms with Gasteiger partial charge < -0.3 is 9.64 Å². The van der Waals surface area contributed by atoms with Gasteiger partial charge in [0.15, 0.2) is 0 Å². The zero-order valence-electron chi connectivity index (χ0n) is 10.7. The van der Waals surface area contributed by atoms with Gasteiger partial charge in [-0.3, -0.25) is 0 Å². The summed E-state index contributed by atoms with van der Waals surface area (Å²) >= 11 is 11.3. The van der Waals surface area contributed by atoms with E-state index in [-0.39, 0.29) is 15.3 Å². The van der Waals surface area contributed by atoms with Crippen molar-refractivity contribution < 1.29 is 13.5 Å². The molecule has 1 aromatic heterocycles. The molecular formula is C11H11F2N3OS3. The molecule has 1 heterocycles. The Kier molecular flexibility index (Phi) is 6.32. The fourth-order valence-corrected chi connectivity index (χ4v) is 2.93. The van der Waals surface area contributed by atoms with Crippen LogP contribution in [-0.4, -0.2) is 38.8 Å². The van der Waals surface area contributed by atoms with E-state index in [0.717, 1.165) is 11.5 Å². The fraction of sp³-hybridized carbons (Fsp3) is 0.455. The lowest BCUT2D eigenvalue weighted by Crippen LogP contribution is -2.34. The summed E-state index contributed by atoms with van der Waals surface area (Å²) in [6.07, 6.45) is 0. The van der Waals surface area contributed by atoms with Crippen molar-refractivity contribution in [2.45, 2.75) is 20.5 Å². The molecule has 0 bridgehead atoms. The molecule has 0 unspecified atom stereocenters. The average Bonchev–Trinajstić information content (AvgIpc) is 2.80. The Labute approximate surface area is 130 Å². The van der Waals surface area contributed by atoms with E-state index < -0.39 is 12.5 Å². The highest BCUT2D eigenvalue weighted by Crippen LogP contribution is 2.27. The number of rotatable bonds is 6. The van der Waals surface area contributed by atoms with Gasteiger partial charge in [0.1, 0.15) is 16.6 Å². The van der Waals surface area contributed by atoms with Gasteiger partial charge in [0.2, 0.25) is 5.88 Å². The largest absolute Gasteiger partial charge is 0.415 e.